The maximum Gasteiger partial charge on any atom is 0.123 e. The molecule has 1 saturated heterocycles. The molecule has 1 aliphatic rings. The molecule has 20 heavy (non-hydrogen) atoms. The molecule has 1 aromatic carbocycles. The number of benzene rings is 1. The molecule has 0 spiro atoms. The maximum absolute atomic E-state index is 13.6. The van der Waals surface area contributed by atoms with Crippen LogP contribution in [0.1, 0.15) is 58.1 Å². The third kappa shape index (κ3) is 3.04. The van der Waals surface area contributed by atoms with E-state index in [2.05, 4.69) is 25.7 Å². The van der Waals surface area contributed by atoms with Crippen LogP contribution in [-0.4, -0.2) is 23.0 Å². The quantitative estimate of drug-likeness (QED) is 0.886. The molecule has 0 aromatic heterocycles. The van der Waals surface area contributed by atoms with E-state index in [-0.39, 0.29) is 17.9 Å². The van der Waals surface area contributed by atoms with Gasteiger partial charge in [-0.05, 0) is 50.3 Å². The van der Waals surface area contributed by atoms with Crippen LogP contribution < -0.4 is 5.73 Å². The molecule has 2 N–H and O–H groups in total. The number of rotatable bonds is 5. The Bertz CT molecular complexity index is 435. The van der Waals surface area contributed by atoms with E-state index in [1.54, 1.807) is 12.1 Å². The average molecular weight is 278 g/mol. The third-order valence-corrected chi connectivity index (χ3v) is 4.71. The summed E-state index contributed by atoms with van der Waals surface area (Å²) in [6.45, 7) is 6.61. The standard InChI is InChI=1S/C17H27FN2/c1-4-15-10-9-12(3)20(15)17(16(19)5-2)13-7-6-8-14(18)11-13/h6-8,11-12,15-17H,4-5,9-10,19H2,1-3H3. The number of nitrogens with zero attached hydrogens (tertiary/aromatic N) is 1. The van der Waals surface area contributed by atoms with Crippen LogP contribution in [-0.2, 0) is 0 Å². The van der Waals surface area contributed by atoms with Crippen LogP contribution in [0.4, 0.5) is 4.39 Å². The monoisotopic (exact) mass is 278 g/mol. The normalized spacial score (nSPS) is 26.6. The summed E-state index contributed by atoms with van der Waals surface area (Å²) in [5.41, 5.74) is 7.41. The number of halogens is 1. The van der Waals surface area contributed by atoms with Gasteiger partial charge in [-0.2, -0.15) is 0 Å². The lowest BCUT2D eigenvalue weighted by atomic mass is 9.94. The van der Waals surface area contributed by atoms with Crippen molar-refractivity contribution >= 4 is 0 Å². The van der Waals surface area contributed by atoms with E-state index in [1.165, 1.54) is 18.9 Å². The van der Waals surface area contributed by atoms with Crippen molar-refractivity contribution in [2.45, 2.75) is 70.6 Å². The molecule has 0 bridgehead atoms. The van der Waals surface area contributed by atoms with Crippen LogP contribution in [0.3, 0.4) is 0 Å². The van der Waals surface area contributed by atoms with E-state index in [4.69, 9.17) is 5.73 Å². The molecular weight excluding hydrogens is 251 g/mol. The Morgan fingerprint density at radius 1 is 1.35 bits per heavy atom. The lowest BCUT2D eigenvalue weighted by Gasteiger charge is -2.39. The molecule has 1 heterocycles. The molecule has 1 fully saturated rings. The number of hydrogen-bond acceptors (Lipinski definition) is 2. The lowest BCUT2D eigenvalue weighted by Crippen LogP contribution is -2.46. The van der Waals surface area contributed by atoms with Gasteiger partial charge in [-0.3, -0.25) is 4.90 Å². The highest BCUT2D eigenvalue weighted by atomic mass is 19.1. The van der Waals surface area contributed by atoms with Gasteiger partial charge in [0.25, 0.3) is 0 Å². The highest BCUT2D eigenvalue weighted by Crippen LogP contribution is 2.37. The van der Waals surface area contributed by atoms with Crippen molar-refractivity contribution in [3.63, 3.8) is 0 Å². The molecule has 0 amide bonds. The van der Waals surface area contributed by atoms with Crippen LogP contribution in [0.15, 0.2) is 24.3 Å². The Labute approximate surface area is 122 Å². The summed E-state index contributed by atoms with van der Waals surface area (Å²) < 4.78 is 13.6. The van der Waals surface area contributed by atoms with Crippen LogP contribution in [0.25, 0.3) is 0 Å². The van der Waals surface area contributed by atoms with Gasteiger partial charge in [-0.1, -0.05) is 26.0 Å². The number of hydrogen-bond donors (Lipinski definition) is 1. The Morgan fingerprint density at radius 2 is 2.10 bits per heavy atom. The lowest BCUT2D eigenvalue weighted by molar-refractivity contribution is 0.111. The number of nitrogens with two attached hydrogens (primary N) is 1. The van der Waals surface area contributed by atoms with Gasteiger partial charge in [0.05, 0.1) is 6.04 Å². The van der Waals surface area contributed by atoms with Crippen LogP contribution >= 0.6 is 0 Å². The largest absolute Gasteiger partial charge is 0.326 e. The first-order valence-electron chi connectivity index (χ1n) is 7.86. The highest BCUT2D eigenvalue weighted by Gasteiger charge is 2.37. The minimum Gasteiger partial charge on any atom is -0.326 e. The van der Waals surface area contributed by atoms with Crippen molar-refractivity contribution < 1.29 is 4.39 Å². The Morgan fingerprint density at radius 3 is 2.70 bits per heavy atom. The van der Waals surface area contributed by atoms with Crippen molar-refractivity contribution in [2.75, 3.05) is 0 Å². The van der Waals surface area contributed by atoms with Gasteiger partial charge in [0.2, 0.25) is 0 Å². The Balaban J connectivity index is 2.37. The Kier molecular flexibility index (Phi) is 5.17. The zero-order valence-electron chi connectivity index (χ0n) is 12.8. The fraction of sp³-hybridized carbons (Fsp3) is 0.647. The summed E-state index contributed by atoms with van der Waals surface area (Å²) in [4.78, 5) is 2.53. The van der Waals surface area contributed by atoms with E-state index >= 15 is 0 Å². The maximum atomic E-state index is 13.6. The molecule has 4 unspecified atom stereocenters. The third-order valence-electron chi connectivity index (χ3n) is 4.71. The van der Waals surface area contributed by atoms with Crippen molar-refractivity contribution in [2.24, 2.45) is 5.73 Å². The molecule has 1 aromatic rings. The fourth-order valence-electron chi connectivity index (χ4n) is 3.56. The molecule has 112 valence electrons. The smallest absolute Gasteiger partial charge is 0.123 e. The van der Waals surface area contributed by atoms with Gasteiger partial charge in [0, 0.05) is 18.1 Å². The molecule has 1 aliphatic heterocycles. The van der Waals surface area contributed by atoms with E-state index in [0.717, 1.165) is 18.4 Å². The second-order valence-corrected chi connectivity index (χ2v) is 6.01. The first kappa shape index (κ1) is 15.5. The van der Waals surface area contributed by atoms with Gasteiger partial charge in [-0.25, -0.2) is 4.39 Å². The van der Waals surface area contributed by atoms with Crippen molar-refractivity contribution in [3.05, 3.63) is 35.6 Å². The minimum absolute atomic E-state index is 0.0476. The minimum atomic E-state index is -0.171. The molecule has 2 rings (SSSR count). The van der Waals surface area contributed by atoms with Crippen molar-refractivity contribution in [1.29, 1.82) is 0 Å². The molecular formula is C17H27FN2. The van der Waals surface area contributed by atoms with E-state index in [1.807, 2.05) is 6.07 Å². The SMILES string of the molecule is CCC(N)C(c1cccc(F)c1)N1C(C)CCC1CC. The van der Waals surface area contributed by atoms with Gasteiger partial charge in [0.1, 0.15) is 5.82 Å². The average Bonchev–Trinajstić information content (AvgIpc) is 2.80. The second kappa shape index (κ2) is 6.68. The predicted molar refractivity (Wildman–Crippen MR) is 82.0 cm³/mol. The second-order valence-electron chi connectivity index (χ2n) is 6.01. The van der Waals surface area contributed by atoms with Crippen LogP contribution in [0, 0.1) is 5.82 Å². The zero-order chi connectivity index (χ0) is 14.7. The molecule has 0 radical (unpaired) electrons. The van der Waals surface area contributed by atoms with Crippen LogP contribution in [0.5, 0.6) is 0 Å². The van der Waals surface area contributed by atoms with Gasteiger partial charge >= 0.3 is 0 Å². The summed E-state index contributed by atoms with van der Waals surface area (Å²) in [5, 5.41) is 0. The highest BCUT2D eigenvalue weighted by molar-refractivity contribution is 5.23. The summed E-state index contributed by atoms with van der Waals surface area (Å²) in [6.07, 6.45) is 4.47. The van der Waals surface area contributed by atoms with Gasteiger partial charge in [0.15, 0.2) is 0 Å². The fourth-order valence-corrected chi connectivity index (χ4v) is 3.56. The summed E-state index contributed by atoms with van der Waals surface area (Å²) in [7, 11) is 0. The first-order valence-corrected chi connectivity index (χ1v) is 7.86. The number of likely N-dealkylation sites (tertiary alicyclic amines) is 1. The molecule has 4 atom stereocenters. The topological polar surface area (TPSA) is 29.3 Å². The van der Waals surface area contributed by atoms with Crippen LogP contribution in [0.2, 0.25) is 0 Å². The van der Waals surface area contributed by atoms with E-state index in [9.17, 15) is 4.39 Å². The summed E-state index contributed by atoms with van der Waals surface area (Å²) in [5.74, 6) is -0.171. The summed E-state index contributed by atoms with van der Waals surface area (Å²) in [6, 6.07) is 8.22. The molecule has 0 aliphatic carbocycles. The molecule has 0 saturated carbocycles. The summed E-state index contributed by atoms with van der Waals surface area (Å²) >= 11 is 0. The van der Waals surface area contributed by atoms with E-state index in [0.29, 0.717) is 12.1 Å². The molecule has 2 nitrogen and oxygen atoms in total. The van der Waals surface area contributed by atoms with Gasteiger partial charge < -0.3 is 5.73 Å². The van der Waals surface area contributed by atoms with Crippen molar-refractivity contribution in [1.82, 2.24) is 4.90 Å². The molecule has 3 heteroatoms. The van der Waals surface area contributed by atoms with E-state index < -0.39 is 0 Å². The Hall–Kier alpha value is -0.930. The first-order chi connectivity index (χ1) is 9.58. The predicted octanol–water partition coefficient (Wildman–Crippen LogP) is 3.87. The zero-order valence-corrected chi connectivity index (χ0v) is 12.8. The van der Waals surface area contributed by atoms with Crippen molar-refractivity contribution in [3.8, 4) is 0 Å². The van der Waals surface area contributed by atoms with Gasteiger partial charge in [-0.15, -0.1) is 0 Å².